The van der Waals surface area contributed by atoms with Crippen molar-refractivity contribution in [3.8, 4) is 5.88 Å². The van der Waals surface area contributed by atoms with Gasteiger partial charge in [-0.1, -0.05) is 0 Å². The molecule has 0 aromatic carbocycles. The Morgan fingerprint density at radius 2 is 2.25 bits per heavy atom. The fraction of sp³-hybridized carbons (Fsp3) is 0. The zero-order valence-corrected chi connectivity index (χ0v) is 8.20. The van der Waals surface area contributed by atoms with E-state index < -0.39 is 23.1 Å². The summed E-state index contributed by atoms with van der Waals surface area (Å²) >= 11 is 0. The van der Waals surface area contributed by atoms with E-state index in [0.29, 0.717) is 0 Å². The van der Waals surface area contributed by atoms with E-state index in [-0.39, 0.29) is 29.6 Å². The van der Waals surface area contributed by atoms with E-state index in [4.69, 9.17) is 5.11 Å². The maximum Gasteiger partial charge on any atom is 1.00 e. The van der Waals surface area contributed by atoms with Crippen molar-refractivity contribution < 1.29 is 44.6 Å². The SMILES string of the molecule is O=C(O)c1cnc(=O)[nH]c1[O-].[Na+]. The minimum atomic E-state index is -1.40. The number of aromatic carboxylic acids is 1. The van der Waals surface area contributed by atoms with E-state index in [0.717, 1.165) is 6.20 Å². The van der Waals surface area contributed by atoms with E-state index >= 15 is 0 Å². The Morgan fingerprint density at radius 3 is 2.67 bits per heavy atom. The Kier molecular flexibility index (Phi) is 3.94. The molecule has 0 fully saturated rings. The molecule has 12 heavy (non-hydrogen) atoms. The van der Waals surface area contributed by atoms with Gasteiger partial charge in [0.05, 0.1) is 5.56 Å². The first-order valence-electron chi connectivity index (χ1n) is 2.61. The number of H-pyrrole nitrogens is 1. The Bertz CT molecular complexity index is 348. The molecule has 0 aliphatic carbocycles. The minimum absolute atomic E-state index is 0. The molecule has 1 rings (SSSR count). The molecule has 1 heterocycles. The standard InChI is InChI=1S/C5H4N2O4.Na/c8-3-2(4(9)10)1-6-5(11)7-3;/h1H,(H,9,10)(H2,6,7,8,11);/q;+1/p-1. The molecular formula is C5H3N2NaO4. The summed E-state index contributed by atoms with van der Waals surface area (Å²) < 4.78 is 0. The van der Waals surface area contributed by atoms with Gasteiger partial charge in [0.1, 0.15) is 0 Å². The van der Waals surface area contributed by atoms with Crippen LogP contribution < -0.4 is 40.4 Å². The maximum atomic E-state index is 10.6. The van der Waals surface area contributed by atoms with Crippen LogP contribution in [0, 0.1) is 0 Å². The van der Waals surface area contributed by atoms with Crippen LogP contribution in [0.3, 0.4) is 0 Å². The Hall–Kier alpha value is -0.850. The Morgan fingerprint density at radius 1 is 1.67 bits per heavy atom. The molecule has 1 aromatic heterocycles. The summed E-state index contributed by atoms with van der Waals surface area (Å²) in [6, 6.07) is 0. The van der Waals surface area contributed by atoms with Gasteiger partial charge in [0, 0.05) is 6.20 Å². The van der Waals surface area contributed by atoms with Crippen molar-refractivity contribution in [2.45, 2.75) is 0 Å². The van der Waals surface area contributed by atoms with Crippen molar-refractivity contribution in [3.63, 3.8) is 0 Å². The van der Waals surface area contributed by atoms with E-state index in [1.165, 1.54) is 0 Å². The van der Waals surface area contributed by atoms with E-state index in [1.54, 1.807) is 4.98 Å². The molecule has 0 radical (unpaired) electrons. The molecule has 0 unspecified atom stereocenters. The molecule has 1 aromatic rings. The summed E-state index contributed by atoms with van der Waals surface area (Å²) in [5.41, 5.74) is -1.38. The first-order valence-corrected chi connectivity index (χ1v) is 2.61. The van der Waals surface area contributed by atoms with Gasteiger partial charge in [-0.15, -0.1) is 0 Å². The fourth-order valence-corrected chi connectivity index (χ4v) is 0.531. The summed E-state index contributed by atoms with van der Waals surface area (Å²) in [6.45, 7) is 0. The van der Waals surface area contributed by atoms with Crippen LogP contribution in [0.5, 0.6) is 5.88 Å². The van der Waals surface area contributed by atoms with Gasteiger partial charge in [-0.2, -0.15) is 0 Å². The van der Waals surface area contributed by atoms with Gasteiger partial charge < -0.3 is 15.2 Å². The molecule has 0 aliphatic rings. The van der Waals surface area contributed by atoms with E-state index in [2.05, 4.69) is 4.98 Å². The zero-order chi connectivity index (χ0) is 8.43. The predicted octanol–water partition coefficient (Wildman–Crippen LogP) is -4.45. The number of carboxylic acids is 1. The van der Waals surface area contributed by atoms with Gasteiger partial charge in [0.2, 0.25) is 0 Å². The van der Waals surface area contributed by atoms with Gasteiger partial charge in [0.15, 0.2) is 0 Å². The molecule has 6 nitrogen and oxygen atoms in total. The predicted molar refractivity (Wildman–Crippen MR) is 31.3 cm³/mol. The van der Waals surface area contributed by atoms with Gasteiger partial charge in [-0.3, -0.25) is 0 Å². The van der Waals surface area contributed by atoms with Gasteiger partial charge in [-0.25, -0.2) is 14.6 Å². The largest absolute Gasteiger partial charge is 1.00 e. The van der Waals surface area contributed by atoms with Crippen molar-refractivity contribution in [1.82, 2.24) is 9.97 Å². The molecule has 0 saturated carbocycles. The molecule has 0 amide bonds. The van der Waals surface area contributed by atoms with Crippen molar-refractivity contribution in [2.75, 3.05) is 0 Å². The summed E-state index contributed by atoms with van der Waals surface area (Å²) in [6.07, 6.45) is 0.726. The number of carbonyl (C=O) groups is 1. The van der Waals surface area contributed by atoms with E-state index in [9.17, 15) is 14.7 Å². The third kappa shape index (κ3) is 2.33. The number of hydrogen-bond donors (Lipinski definition) is 2. The molecular weight excluding hydrogens is 175 g/mol. The molecule has 0 aliphatic heterocycles. The van der Waals surface area contributed by atoms with Crippen molar-refractivity contribution >= 4 is 5.97 Å². The first-order chi connectivity index (χ1) is 5.11. The second-order valence-corrected chi connectivity index (χ2v) is 1.74. The average molecular weight is 178 g/mol. The molecule has 0 saturated heterocycles. The van der Waals surface area contributed by atoms with Gasteiger partial charge in [0.25, 0.3) is 0 Å². The van der Waals surface area contributed by atoms with Crippen molar-refractivity contribution in [2.24, 2.45) is 0 Å². The quantitative estimate of drug-likeness (QED) is 0.422. The Labute approximate surface area is 88.6 Å². The summed E-state index contributed by atoms with van der Waals surface area (Å²) in [5.74, 6) is -2.34. The van der Waals surface area contributed by atoms with Crippen molar-refractivity contribution in [3.05, 3.63) is 22.2 Å². The van der Waals surface area contributed by atoms with Crippen molar-refractivity contribution in [1.29, 1.82) is 0 Å². The van der Waals surface area contributed by atoms with Gasteiger partial charge in [-0.05, 0) is 5.88 Å². The van der Waals surface area contributed by atoms with Crippen LogP contribution >= 0.6 is 0 Å². The number of nitrogens with one attached hydrogen (secondary N) is 1. The third-order valence-corrected chi connectivity index (χ3v) is 1.01. The van der Waals surface area contributed by atoms with Crippen LogP contribution in [0.2, 0.25) is 0 Å². The number of carboxylic acid groups (broad SMARTS) is 1. The zero-order valence-electron chi connectivity index (χ0n) is 6.20. The molecule has 0 atom stereocenters. The smallest absolute Gasteiger partial charge is 0.859 e. The van der Waals surface area contributed by atoms with E-state index in [1.807, 2.05) is 0 Å². The summed E-state index contributed by atoms with van der Waals surface area (Å²) in [5, 5.41) is 18.9. The molecule has 0 spiro atoms. The maximum absolute atomic E-state index is 10.6. The van der Waals surface area contributed by atoms with Crippen LogP contribution in [-0.4, -0.2) is 21.0 Å². The fourth-order valence-electron chi connectivity index (χ4n) is 0.531. The average Bonchev–Trinajstić information content (AvgIpc) is 1.85. The molecule has 7 heteroatoms. The topological polar surface area (TPSA) is 106 Å². The molecule has 58 valence electrons. The van der Waals surface area contributed by atoms with Gasteiger partial charge >= 0.3 is 41.2 Å². The Balaban J connectivity index is 0.00000121. The number of rotatable bonds is 1. The van der Waals surface area contributed by atoms with Crippen LogP contribution in [0.15, 0.2) is 11.0 Å². The second kappa shape index (κ2) is 4.24. The summed E-state index contributed by atoms with van der Waals surface area (Å²) in [7, 11) is 0. The monoisotopic (exact) mass is 178 g/mol. The minimum Gasteiger partial charge on any atom is -0.859 e. The second-order valence-electron chi connectivity index (χ2n) is 1.74. The first kappa shape index (κ1) is 11.2. The normalized spacial score (nSPS) is 8.67. The number of hydrogen-bond acceptors (Lipinski definition) is 4. The van der Waals surface area contributed by atoms with Crippen LogP contribution in [0.1, 0.15) is 10.4 Å². The van der Waals surface area contributed by atoms with Crippen LogP contribution in [-0.2, 0) is 0 Å². The number of nitrogens with zero attached hydrogens (tertiary/aromatic N) is 1. The third-order valence-electron chi connectivity index (χ3n) is 1.01. The number of aromatic amines is 1. The van der Waals surface area contributed by atoms with Crippen LogP contribution in [0.4, 0.5) is 0 Å². The molecule has 2 N–H and O–H groups in total. The molecule has 0 bridgehead atoms. The van der Waals surface area contributed by atoms with Crippen LogP contribution in [0.25, 0.3) is 0 Å². The number of aromatic nitrogens is 2. The summed E-state index contributed by atoms with van der Waals surface area (Å²) in [4.78, 5) is 25.3.